The maximum atomic E-state index is 13.8. The van der Waals surface area contributed by atoms with Crippen LogP contribution in [0.3, 0.4) is 0 Å². The van der Waals surface area contributed by atoms with Crippen molar-refractivity contribution in [3.8, 4) is 11.3 Å². The lowest BCUT2D eigenvalue weighted by atomic mass is 9.95. The number of aromatic nitrogens is 1. The minimum atomic E-state index is -0.684. The number of esters is 1. The molecule has 0 aliphatic carbocycles. The Labute approximate surface area is 238 Å². The van der Waals surface area contributed by atoms with Crippen LogP contribution in [0.5, 0.6) is 0 Å². The van der Waals surface area contributed by atoms with E-state index in [-0.39, 0.29) is 12.2 Å². The van der Waals surface area contributed by atoms with Crippen LogP contribution in [0.15, 0.2) is 80.1 Å². The zero-order valence-electron chi connectivity index (χ0n) is 21.7. The van der Waals surface area contributed by atoms with Gasteiger partial charge in [0.1, 0.15) is 11.5 Å². The van der Waals surface area contributed by atoms with Crippen LogP contribution < -0.4 is 19.8 Å². The summed E-state index contributed by atoms with van der Waals surface area (Å²) in [5.41, 5.74) is 3.00. The Morgan fingerprint density at radius 3 is 2.59 bits per heavy atom. The molecule has 3 heterocycles. The van der Waals surface area contributed by atoms with Gasteiger partial charge in [-0.05, 0) is 61.9 Å². The van der Waals surface area contributed by atoms with Crippen LogP contribution in [-0.2, 0) is 9.53 Å². The Kier molecular flexibility index (Phi) is 7.53. The normalized spacial score (nSPS) is 15.2. The maximum Gasteiger partial charge on any atom is 0.338 e. The van der Waals surface area contributed by atoms with Crippen molar-refractivity contribution in [2.24, 2.45) is 4.99 Å². The van der Waals surface area contributed by atoms with Crippen molar-refractivity contribution in [1.29, 1.82) is 0 Å². The first-order valence-corrected chi connectivity index (χ1v) is 13.8. The molecule has 2 aromatic heterocycles. The van der Waals surface area contributed by atoms with E-state index in [1.807, 2.05) is 43.3 Å². The average molecular weight is 583 g/mol. The number of fused-ring (bicyclic) bond motifs is 1. The molecule has 1 aliphatic heterocycles. The molecule has 200 valence electrons. The summed E-state index contributed by atoms with van der Waals surface area (Å²) >= 11 is 13.7. The maximum absolute atomic E-state index is 13.8. The van der Waals surface area contributed by atoms with Crippen LogP contribution in [0, 0.1) is 0 Å². The van der Waals surface area contributed by atoms with E-state index in [9.17, 15) is 9.59 Å². The van der Waals surface area contributed by atoms with Gasteiger partial charge < -0.3 is 14.1 Å². The molecule has 0 spiro atoms. The molecule has 0 radical (unpaired) electrons. The molecule has 0 saturated carbocycles. The SMILES string of the molecule is CCOC(=O)C1=C(C)N=c2s/c(=C\c3ccc(-c4cc(Cl)ccc4Cl)o3)c(=O)n2[C@H]1c1ccc(N(C)C)cc1. The number of carbonyl (C=O) groups excluding carboxylic acids is 1. The van der Waals surface area contributed by atoms with E-state index in [4.69, 9.17) is 32.4 Å². The number of furan rings is 1. The molecule has 0 fully saturated rings. The number of carbonyl (C=O) groups is 1. The Hall–Kier alpha value is -3.59. The number of hydrogen-bond donors (Lipinski definition) is 0. The zero-order valence-corrected chi connectivity index (χ0v) is 24.0. The Morgan fingerprint density at radius 1 is 1.15 bits per heavy atom. The summed E-state index contributed by atoms with van der Waals surface area (Å²) in [6.45, 7) is 3.72. The predicted octanol–water partition coefficient (Wildman–Crippen LogP) is 5.43. The molecule has 4 aromatic rings. The van der Waals surface area contributed by atoms with Gasteiger partial charge in [0.05, 0.1) is 33.5 Å². The number of hydrogen-bond acceptors (Lipinski definition) is 7. The quantitative estimate of drug-likeness (QED) is 0.284. The van der Waals surface area contributed by atoms with Gasteiger partial charge in [0.25, 0.3) is 5.56 Å². The minimum absolute atomic E-state index is 0.212. The highest BCUT2D eigenvalue weighted by atomic mass is 35.5. The second-order valence-electron chi connectivity index (χ2n) is 9.11. The Bertz CT molecular complexity index is 1780. The molecular weight excluding hydrogens is 557 g/mol. The molecule has 0 saturated heterocycles. The van der Waals surface area contributed by atoms with Gasteiger partial charge in [-0.2, -0.15) is 0 Å². The highest BCUT2D eigenvalue weighted by Crippen LogP contribution is 2.33. The summed E-state index contributed by atoms with van der Waals surface area (Å²) in [6, 6.07) is 15.7. The number of ether oxygens (including phenoxy) is 1. The molecule has 1 atom stereocenters. The van der Waals surface area contributed by atoms with Crippen LogP contribution in [0.2, 0.25) is 10.0 Å². The van der Waals surface area contributed by atoms with Crippen LogP contribution in [-0.4, -0.2) is 31.2 Å². The number of nitrogens with zero attached hydrogens (tertiary/aromatic N) is 3. The van der Waals surface area contributed by atoms with E-state index < -0.39 is 12.0 Å². The lowest BCUT2D eigenvalue weighted by Crippen LogP contribution is -2.39. The molecule has 5 rings (SSSR count). The van der Waals surface area contributed by atoms with Crippen LogP contribution in [0.1, 0.15) is 31.2 Å². The van der Waals surface area contributed by atoms with Crippen LogP contribution in [0.4, 0.5) is 5.69 Å². The van der Waals surface area contributed by atoms with Crippen molar-refractivity contribution in [2.45, 2.75) is 19.9 Å². The molecule has 0 amide bonds. The molecule has 0 bridgehead atoms. The number of anilines is 1. The van der Waals surface area contributed by atoms with Gasteiger partial charge in [-0.25, -0.2) is 9.79 Å². The van der Waals surface area contributed by atoms with E-state index in [0.717, 1.165) is 11.3 Å². The van der Waals surface area contributed by atoms with Crippen molar-refractivity contribution in [1.82, 2.24) is 4.57 Å². The summed E-state index contributed by atoms with van der Waals surface area (Å²) in [7, 11) is 3.90. The van der Waals surface area contributed by atoms with Crippen LogP contribution in [0.25, 0.3) is 17.4 Å². The van der Waals surface area contributed by atoms with Gasteiger partial charge in [0, 0.05) is 36.4 Å². The van der Waals surface area contributed by atoms with E-state index in [2.05, 4.69) is 4.99 Å². The van der Waals surface area contributed by atoms with Crippen molar-refractivity contribution >= 4 is 52.3 Å². The highest BCUT2D eigenvalue weighted by molar-refractivity contribution is 7.07. The standard InChI is InChI=1S/C29H25Cl2N3O4S/c1-5-37-28(36)25-16(2)32-29-34(26(25)17-6-9-19(10-7-17)33(3)4)27(35)24(39-29)15-20-11-13-23(38-20)21-14-18(30)8-12-22(21)31/h6-15,26H,5H2,1-4H3/b24-15-/t26-/m0/s1. The second kappa shape index (κ2) is 10.9. The third-order valence-electron chi connectivity index (χ3n) is 6.34. The fourth-order valence-electron chi connectivity index (χ4n) is 4.45. The fraction of sp³-hybridized carbons (Fsp3) is 0.207. The molecule has 39 heavy (non-hydrogen) atoms. The average Bonchev–Trinajstić information content (AvgIpc) is 3.49. The molecule has 0 unspecified atom stereocenters. The first-order valence-electron chi connectivity index (χ1n) is 12.2. The molecule has 2 aromatic carbocycles. The summed E-state index contributed by atoms with van der Waals surface area (Å²) in [5, 5.41) is 1.04. The van der Waals surface area contributed by atoms with E-state index >= 15 is 0 Å². The highest BCUT2D eigenvalue weighted by Gasteiger charge is 2.33. The zero-order chi connectivity index (χ0) is 27.8. The van der Waals surface area contributed by atoms with Crippen molar-refractivity contribution in [3.63, 3.8) is 0 Å². The third kappa shape index (κ3) is 5.20. The lowest BCUT2D eigenvalue weighted by molar-refractivity contribution is -0.139. The molecule has 10 heteroatoms. The Balaban J connectivity index is 1.63. The number of benzene rings is 2. The number of allylic oxidation sites excluding steroid dienone is 1. The number of halogens is 2. The van der Waals surface area contributed by atoms with Crippen LogP contribution >= 0.6 is 34.5 Å². The van der Waals surface area contributed by atoms with Crippen molar-refractivity contribution < 1.29 is 13.9 Å². The van der Waals surface area contributed by atoms with E-state index in [1.54, 1.807) is 54.8 Å². The topological polar surface area (TPSA) is 77.0 Å². The fourth-order valence-corrected chi connectivity index (χ4v) is 5.86. The van der Waals surface area contributed by atoms with Gasteiger partial charge in [-0.15, -0.1) is 0 Å². The third-order valence-corrected chi connectivity index (χ3v) is 7.88. The van der Waals surface area contributed by atoms with E-state index in [0.29, 0.717) is 47.7 Å². The summed E-state index contributed by atoms with van der Waals surface area (Å²) in [5.74, 6) is 0.504. The molecule has 0 N–H and O–H groups in total. The predicted molar refractivity (Wildman–Crippen MR) is 155 cm³/mol. The van der Waals surface area contributed by atoms with Gasteiger partial charge in [-0.3, -0.25) is 9.36 Å². The van der Waals surface area contributed by atoms with Crippen molar-refractivity contribution in [3.05, 3.63) is 107 Å². The smallest absolute Gasteiger partial charge is 0.338 e. The second-order valence-corrected chi connectivity index (χ2v) is 11.0. The Morgan fingerprint density at radius 2 is 1.90 bits per heavy atom. The lowest BCUT2D eigenvalue weighted by Gasteiger charge is -2.25. The van der Waals surface area contributed by atoms with Gasteiger partial charge in [-0.1, -0.05) is 46.7 Å². The number of thiazole rings is 1. The molecule has 1 aliphatic rings. The van der Waals surface area contributed by atoms with Gasteiger partial charge in [0.15, 0.2) is 4.80 Å². The van der Waals surface area contributed by atoms with Crippen molar-refractivity contribution in [2.75, 3.05) is 25.6 Å². The first-order chi connectivity index (χ1) is 18.7. The van der Waals surface area contributed by atoms with E-state index in [1.165, 1.54) is 11.3 Å². The summed E-state index contributed by atoms with van der Waals surface area (Å²) in [6.07, 6.45) is 1.67. The summed E-state index contributed by atoms with van der Waals surface area (Å²) in [4.78, 5) is 34.0. The molecule has 7 nitrogen and oxygen atoms in total. The minimum Gasteiger partial charge on any atom is -0.463 e. The first kappa shape index (κ1) is 27.0. The molecular formula is C29H25Cl2N3O4S. The number of rotatable bonds is 6. The monoisotopic (exact) mass is 581 g/mol. The summed E-state index contributed by atoms with van der Waals surface area (Å²) < 4.78 is 13.3. The van der Waals surface area contributed by atoms with Gasteiger partial charge >= 0.3 is 5.97 Å². The van der Waals surface area contributed by atoms with Gasteiger partial charge in [0.2, 0.25) is 0 Å². The largest absolute Gasteiger partial charge is 0.463 e.